The Labute approximate surface area is 189 Å². The molecule has 0 bridgehead atoms. The van der Waals surface area contributed by atoms with Crippen LogP contribution in [0.25, 0.3) is 16.7 Å². The van der Waals surface area contributed by atoms with Crippen LogP contribution < -0.4 is 10.6 Å². The Morgan fingerprint density at radius 3 is 2.34 bits per heavy atom. The summed E-state index contributed by atoms with van der Waals surface area (Å²) >= 11 is 0. The Morgan fingerprint density at radius 2 is 1.69 bits per heavy atom. The number of carbonyl (C=O) groups excluding carboxylic acids is 1. The Bertz CT molecular complexity index is 1120. The first kappa shape index (κ1) is 20.9. The van der Waals surface area contributed by atoms with Crippen molar-refractivity contribution in [3.8, 4) is 5.69 Å². The normalized spacial score (nSPS) is 21.0. The molecule has 0 atom stereocenters. The van der Waals surface area contributed by atoms with Gasteiger partial charge in [-0.1, -0.05) is 24.6 Å². The molecule has 0 spiro atoms. The van der Waals surface area contributed by atoms with Gasteiger partial charge in [0.1, 0.15) is 11.6 Å². The summed E-state index contributed by atoms with van der Waals surface area (Å²) < 4.78 is 1.93. The van der Waals surface area contributed by atoms with Gasteiger partial charge in [-0.3, -0.25) is 4.79 Å². The number of nitrogens with one attached hydrogen (secondary N) is 2. The van der Waals surface area contributed by atoms with Crippen molar-refractivity contribution in [3.05, 3.63) is 41.3 Å². The zero-order chi connectivity index (χ0) is 22.2. The second-order valence-corrected chi connectivity index (χ2v) is 9.35. The number of nitrogens with zero attached hydrogens (tertiary/aromatic N) is 4. The summed E-state index contributed by atoms with van der Waals surface area (Å²) in [5, 5.41) is 12.8. The molecule has 168 valence electrons. The zero-order valence-corrected chi connectivity index (χ0v) is 19.2. The predicted molar refractivity (Wildman–Crippen MR) is 126 cm³/mol. The highest BCUT2D eigenvalue weighted by Crippen LogP contribution is 2.31. The summed E-state index contributed by atoms with van der Waals surface area (Å²) in [4.78, 5) is 21.8. The number of anilines is 1. The van der Waals surface area contributed by atoms with E-state index in [-0.39, 0.29) is 11.8 Å². The number of carbonyl (C=O) groups is 1. The van der Waals surface area contributed by atoms with Crippen LogP contribution >= 0.6 is 0 Å². The average Bonchev–Trinajstić information content (AvgIpc) is 3.59. The second-order valence-electron chi connectivity index (χ2n) is 9.35. The van der Waals surface area contributed by atoms with Crippen LogP contribution in [-0.4, -0.2) is 37.7 Å². The van der Waals surface area contributed by atoms with Crippen LogP contribution in [0.2, 0.25) is 0 Å². The van der Waals surface area contributed by atoms with Gasteiger partial charge in [0.05, 0.1) is 16.8 Å². The molecule has 2 aliphatic rings. The molecule has 1 aromatic carbocycles. The predicted octanol–water partition coefficient (Wildman–Crippen LogP) is 4.24. The lowest BCUT2D eigenvalue weighted by Gasteiger charge is -2.30. The van der Waals surface area contributed by atoms with Crippen molar-refractivity contribution in [2.45, 2.75) is 77.8 Å². The molecule has 0 saturated heterocycles. The van der Waals surface area contributed by atoms with E-state index in [1.807, 2.05) is 11.6 Å². The molecule has 2 aliphatic carbocycles. The number of hydrogen-bond acceptors (Lipinski definition) is 5. The average molecular weight is 433 g/mol. The van der Waals surface area contributed by atoms with Crippen molar-refractivity contribution < 1.29 is 4.79 Å². The molecule has 0 radical (unpaired) electrons. The van der Waals surface area contributed by atoms with E-state index in [4.69, 9.17) is 15.1 Å². The van der Waals surface area contributed by atoms with E-state index in [1.165, 1.54) is 5.56 Å². The van der Waals surface area contributed by atoms with Gasteiger partial charge < -0.3 is 10.6 Å². The number of aryl methyl sites for hydroxylation is 3. The minimum absolute atomic E-state index is 0.255. The first-order valence-corrected chi connectivity index (χ1v) is 11.9. The van der Waals surface area contributed by atoms with Gasteiger partial charge in [-0.25, -0.2) is 14.6 Å². The van der Waals surface area contributed by atoms with Crippen molar-refractivity contribution in [1.29, 1.82) is 0 Å². The van der Waals surface area contributed by atoms with E-state index in [2.05, 4.69) is 48.7 Å². The second kappa shape index (κ2) is 8.52. The highest BCUT2D eigenvalue weighted by atomic mass is 16.2. The van der Waals surface area contributed by atoms with Crippen LogP contribution in [0.3, 0.4) is 0 Å². The van der Waals surface area contributed by atoms with Gasteiger partial charge in [0.25, 0.3) is 0 Å². The third-order valence-electron chi connectivity index (χ3n) is 6.71. The van der Waals surface area contributed by atoms with Crippen molar-refractivity contribution in [1.82, 2.24) is 25.1 Å². The largest absolute Gasteiger partial charge is 0.367 e. The molecular weight excluding hydrogens is 400 g/mol. The van der Waals surface area contributed by atoms with Crippen LogP contribution in [0, 0.1) is 19.8 Å². The maximum absolute atomic E-state index is 12.1. The van der Waals surface area contributed by atoms with Crippen molar-refractivity contribution in [2.24, 2.45) is 5.92 Å². The third kappa shape index (κ3) is 4.20. The molecule has 0 aliphatic heterocycles. The molecule has 2 heterocycles. The van der Waals surface area contributed by atoms with Crippen LogP contribution in [-0.2, 0) is 11.2 Å². The summed E-state index contributed by atoms with van der Waals surface area (Å²) in [6, 6.07) is 9.01. The molecule has 2 N–H and O–H groups in total. The van der Waals surface area contributed by atoms with E-state index in [1.54, 1.807) is 0 Å². The molecular formula is C25H32N6O. The smallest absolute Gasteiger partial charge is 0.223 e. The quantitative estimate of drug-likeness (QED) is 0.608. The van der Waals surface area contributed by atoms with Crippen molar-refractivity contribution >= 4 is 22.8 Å². The molecule has 2 fully saturated rings. The van der Waals surface area contributed by atoms with Crippen LogP contribution in [0.5, 0.6) is 0 Å². The molecule has 7 heteroatoms. The Hall–Kier alpha value is -2.96. The molecule has 32 heavy (non-hydrogen) atoms. The van der Waals surface area contributed by atoms with Crippen LogP contribution in [0.1, 0.15) is 62.5 Å². The fraction of sp³-hybridized carbons (Fsp3) is 0.520. The zero-order valence-electron chi connectivity index (χ0n) is 19.2. The maximum Gasteiger partial charge on any atom is 0.223 e. The molecule has 7 nitrogen and oxygen atoms in total. The van der Waals surface area contributed by atoms with Crippen LogP contribution in [0.4, 0.5) is 5.82 Å². The van der Waals surface area contributed by atoms with Gasteiger partial charge >= 0.3 is 0 Å². The maximum atomic E-state index is 12.1. The lowest BCUT2D eigenvalue weighted by atomic mass is 9.91. The number of fused-ring (bicyclic) bond motifs is 1. The Balaban J connectivity index is 1.38. The summed E-state index contributed by atoms with van der Waals surface area (Å²) in [5.74, 6) is 2.23. The minimum atomic E-state index is 0.255. The first-order chi connectivity index (χ1) is 15.5. The van der Waals surface area contributed by atoms with Gasteiger partial charge in [0, 0.05) is 24.4 Å². The topological polar surface area (TPSA) is 84.7 Å². The fourth-order valence-electron chi connectivity index (χ4n) is 4.60. The highest BCUT2D eigenvalue weighted by molar-refractivity contribution is 5.90. The lowest BCUT2D eigenvalue weighted by molar-refractivity contribution is -0.123. The van der Waals surface area contributed by atoms with E-state index < -0.39 is 0 Å². The summed E-state index contributed by atoms with van der Waals surface area (Å²) in [5.41, 5.74) is 4.01. The van der Waals surface area contributed by atoms with E-state index in [0.29, 0.717) is 12.1 Å². The van der Waals surface area contributed by atoms with Crippen LogP contribution in [0.15, 0.2) is 24.3 Å². The molecule has 0 unspecified atom stereocenters. The van der Waals surface area contributed by atoms with Gasteiger partial charge in [-0.2, -0.15) is 5.10 Å². The SMILES string of the molecule is CCc1nc(NC2CCC(NC(=O)C3CC3)CC2)c2c(C)nn(-c3ccc(C)cc3)c2n1. The standard InChI is InChI=1S/C25H32N6O/c1-4-21-28-23(26-18-9-11-19(12-10-18)27-25(32)17-7-8-17)22-16(3)30-31(24(22)29-21)20-13-5-15(2)6-14-20/h5-6,13-14,17-19H,4,7-12H2,1-3H3,(H,27,32)(H,26,28,29). The molecule has 2 saturated carbocycles. The Morgan fingerprint density at radius 1 is 1.00 bits per heavy atom. The van der Waals surface area contributed by atoms with Gasteiger partial charge in [-0.15, -0.1) is 0 Å². The number of benzene rings is 1. The minimum Gasteiger partial charge on any atom is -0.367 e. The lowest BCUT2D eigenvalue weighted by Crippen LogP contribution is -2.40. The molecule has 5 rings (SSSR count). The van der Waals surface area contributed by atoms with Gasteiger partial charge in [0.2, 0.25) is 5.91 Å². The summed E-state index contributed by atoms with van der Waals surface area (Å²) in [7, 11) is 0. The number of aromatic nitrogens is 4. The molecule has 3 aromatic rings. The first-order valence-electron chi connectivity index (χ1n) is 11.9. The summed E-state index contributed by atoms with van der Waals surface area (Å²) in [6.07, 6.45) is 6.94. The Kier molecular flexibility index (Phi) is 5.57. The third-order valence-corrected chi connectivity index (χ3v) is 6.71. The molecule has 1 amide bonds. The fourth-order valence-corrected chi connectivity index (χ4v) is 4.60. The van der Waals surface area contributed by atoms with Gasteiger partial charge in [0.15, 0.2) is 5.65 Å². The van der Waals surface area contributed by atoms with Crippen molar-refractivity contribution in [2.75, 3.05) is 5.32 Å². The van der Waals surface area contributed by atoms with E-state index in [9.17, 15) is 4.79 Å². The molecule has 2 aromatic heterocycles. The summed E-state index contributed by atoms with van der Waals surface area (Å²) in [6.45, 7) is 6.19. The van der Waals surface area contributed by atoms with Crippen molar-refractivity contribution in [3.63, 3.8) is 0 Å². The van der Waals surface area contributed by atoms with Gasteiger partial charge in [-0.05, 0) is 64.5 Å². The monoisotopic (exact) mass is 432 g/mol. The van der Waals surface area contributed by atoms with E-state index >= 15 is 0 Å². The number of amides is 1. The number of rotatable bonds is 6. The highest BCUT2D eigenvalue weighted by Gasteiger charge is 2.32. The van der Waals surface area contributed by atoms with E-state index in [0.717, 1.165) is 79.0 Å². The number of hydrogen-bond donors (Lipinski definition) is 2.